The topological polar surface area (TPSA) is 69.6 Å². The van der Waals surface area contributed by atoms with Gasteiger partial charge in [-0.15, -0.1) is 0 Å². The van der Waals surface area contributed by atoms with E-state index in [2.05, 4.69) is 5.32 Å². The van der Waals surface area contributed by atoms with Crippen LogP contribution >= 0.6 is 0 Å². The number of aliphatic hydroxyl groups is 1. The highest BCUT2D eigenvalue weighted by Gasteiger charge is 2.10. The van der Waals surface area contributed by atoms with E-state index in [0.717, 1.165) is 12.0 Å². The first-order valence-corrected chi connectivity index (χ1v) is 5.76. The van der Waals surface area contributed by atoms with Gasteiger partial charge in [0.2, 0.25) is 0 Å². The largest absolute Gasteiger partial charge is 0.508 e. The van der Waals surface area contributed by atoms with Crippen molar-refractivity contribution in [1.29, 1.82) is 0 Å². The van der Waals surface area contributed by atoms with Crippen molar-refractivity contribution in [2.75, 3.05) is 6.61 Å². The van der Waals surface area contributed by atoms with Gasteiger partial charge in [0, 0.05) is 18.2 Å². The number of hydrogen-bond acceptors (Lipinski definition) is 3. The Kier molecular flexibility index (Phi) is 4.97. The summed E-state index contributed by atoms with van der Waals surface area (Å²) in [6.45, 7) is 3.80. The van der Waals surface area contributed by atoms with Crippen molar-refractivity contribution < 1.29 is 15.0 Å². The van der Waals surface area contributed by atoms with Crippen molar-refractivity contribution in [1.82, 2.24) is 5.32 Å². The molecule has 4 heteroatoms. The molecule has 0 saturated carbocycles. The molecule has 0 aromatic heterocycles. The Morgan fingerprint density at radius 2 is 2.18 bits per heavy atom. The van der Waals surface area contributed by atoms with E-state index in [4.69, 9.17) is 5.11 Å². The Hall–Kier alpha value is -1.55. The third-order valence-electron chi connectivity index (χ3n) is 2.64. The number of carbonyl (C=O) groups is 1. The van der Waals surface area contributed by atoms with Crippen LogP contribution in [0.1, 0.15) is 35.7 Å². The standard InChI is InChI=1S/C13H19NO3/c1-9-5-6-11(8-12(9)16)13(17)14-10(2)4-3-7-15/h5-6,8,10,15-16H,3-4,7H2,1-2H3,(H,14,17). The first-order chi connectivity index (χ1) is 8.04. The zero-order valence-corrected chi connectivity index (χ0v) is 10.2. The number of aliphatic hydroxyl groups excluding tert-OH is 1. The molecule has 0 saturated heterocycles. The van der Waals surface area contributed by atoms with Gasteiger partial charge in [-0.25, -0.2) is 0 Å². The van der Waals surface area contributed by atoms with Gasteiger partial charge in [0.05, 0.1) is 0 Å². The van der Waals surface area contributed by atoms with Crippen LogP contribution in [0, 0.1) is 6.92 Å². The summed E-state index contributed by atoms with van der Waals surface area (Å²) in [5, 5.41) is 21.0. The van der Waals surface area contributed by atoms with Crippen molar-refractivity contribution in [3.63, 3.8) is 0 Å². The van der Waals surface area contributed by atoms with E-state index in [1.807, 2.05) is 6.92 Å². The molecule has 1 unspecified atom stereocenters. The van der Waals surface area contributed by atoms with Gasteiger partial charge in [-0.1, -0.05) is 6.07 Å². The maximum atomic E-state index is 11.8. The monoisotopic (exact) mass is 237 g/mol. The maximum absolute atomic E-state index is 11.8. The van der Waals surface area contributed by atoms with E-state index in [9.17, 15) is 9.90 Å². The average molecular weight is 237 g/mol. The molecule has 4 nitrogen and oxygen atoms in total. The molecule has 0 heterocycles. The molecule has 0 radical (unpaired) electrons. The number of phenols is 1. The Morgan fingerprint density at radius 3 is 2.76 bits per heavy atom. The highest BCUT2D eigenvalue weighted by molar-refractivity contribution is 5.94. The number of phenolic OH excluding ortho intramolecular Hbond substituents is 1. The van der Waals surface area contributed by atoms with Crippen molar-refractivity contribution in [3.8, 4) is 5.75 Å². The fourth-order valence-electron chi connectivity index (χ4n) is 1.53. The van der Waals surface area contributed by atoms with Crippen molar-refractivity contribution >= 4 is 5.91 Å². The van der Waals surface area contributed by atoms with Crippen LogP contribution in [0.5, 0.6) is 5.75 Å². The number of benzene rings is 1. The fourth-order valence-corrected chi connectivity index (χ4v) is 1.53. The molecule has 0 fully saturated rings. The summed E-state index contributed by atoms with van der Waals surface area (Å²) in [5.41, 5.74) is 1.19. The molecule has 1 atom stereocenters. The lowest BCUT2D eigenvalue weighted by atomic mass is 10.1. The van der Waals surface area contributed by atoms with Gasteiger partial charge in [-0.3, -0.25) is 4.79 Å². The van der Waals surface area contributed by atoms with Crippen LogP contribution in [0.25, 0.3) is 0 Å². The molecule has 1 aromatic rings. The number of hydrogen-bond donors (Lipinski definition) is 3. The highest BCUT2D eigenvalue weighted by atomic mass is 16.3. The number of nitrogens with one attached hydrogen (secondary N) is 1. The summed E-state index contributed by atoms with van der Waals surface area (Å²) in [5.74, 6) is -0.0774. The summed E-state index contributed by atoms with van der Waals surface area (Å²) in [4.78, 5) is 11.8. The van der Waals surface area contributed by atoms with Crippen LogP contribution < -0.4 is 5.32 Å². The van der Waals surface area contributed by atoms with Gasteiger partial charge in [0.15, 0.2) is 0 Å². The smallest absolute Gasteiger partial charge is 0.251 e. The van der Waals surface area contributed by atoms with Gasteiger partial charge in [-0.05, 0) is 44.4 Å². The lowest BCUT2D eigenvalue weighted by molar-refractivity contribution is 0.0936. The van der Waals surface area contributed by atoms with Gasteiger partial charge < -0.3 is 15.5 Å². The quantitative estimate of drug-likeness (QED) is 0.728. The van der Waals surface area contributed by atoms with Crippen molar-refractivity contribution in [3.05, 3.63) is 29.3 Å². The molecular formula is C13H19NO3. The lowest BCUT2D eigenvalue weighted by Gasteiger charge is -2.13. The van der Waals surface area contributed by atoms with Crippen LogP contribution in [0.3, 0.4) is 0 Å². The second kappa shape index (κ2) is 6.25. The molecule has 3 N–H and O–H groups in total. The number of amides is 1. The third kappa shape index (κ3) is 4.07. The Balaban J connectivity index is 2.60. The van der Waals surface area contributed by atoms with Gasteiger partial charge in [0.1, 0.15) is 5.75 Å². The first kappa shape index (κ1) is 13.5. The van der Waals surface area contributed by atoms with Crippen LogP contribution in [-0.4, -0.2) is 28.8 Å². The summed E-state index contributed by atoms with van der Waals surface area (Å²) in [7, 11) is 0. The summed E-state index contributed by atoms with van der Waals surface area (Å²) < 4.78 is 0. The normalized spacial score (nSPS) is 12.2. The molecule has 0 aliphatic rings. The zero-order chi connectivity index (χ0) is 12.8. The van der Waals surface area contributed by atoms with Gasteiger partial charge in [-0.2, -0.15) is 0 Å². The Morgan fingerprint density at radius 1 is 1.47 bits per heavy atom. The van der Waals surface area contributed by atoms with E-state index in [0.29, 0.717) is 12.0 Å². The van der Waals surface area contributed by atoms with E-state index >= 15 is 0 Å². The molecule has 1 amide bonds. The molecule has 0 bridgehead atoms. The fraction of sp³-hybridized carbons (Fsp3) is 0.462. The van der Waals surface area contributed by atoms with Crippen LogP contribution in [0.2, 0.25) is 0 Å². The molecule has 0 aliphatic carbocycles. The van der Waals surface area contributed by atoms with Crippen molar-refractivity contribution in [2.24, 2.45) is 0 Å². The number of carbonyl (C=O) groups excluding carboxylic acids is 1. The summed E-state index contributed by atoms with van der Waals surface area (Å²) in [6, 6.07) is 4.87. The lowest BCUT2D eigenvalue weighted by Crippen LogP contribution is -2.32. The SMILES string of the molecule is Cc1ccc(C(=O)NC(C)CCCO)cc1O. The molecule has 1 aromatic carbocycles. The van der Waals surface area contributed by atoms with E-state index in [1.165, 1.54) is 6.07 Å². The molecule has 0 spiro atoms. The molecule has 17 heavy (non-hydrogen) atoms. The maximum Gasteiger partial charge on any atom is 0.251 e. The second-order valence-corrected chi connectivity index (χ2v) is 4.24. The second-order valence-electron chi connectivity index (χ2n) is 4.24. The van der Waals surface area contributed by atoms with Crippen LogP contribution in [-0.2, 0) is 0 Å². The molecular weight excluding hydrogens is 218 g/mol. The Bertz CT molecular complexity index is 390. The van der Waals surface area contributed by atoms with Crippen molar-refractivity contribution in [2.45, 2.75) is 32.7 Å². The van der Waals surface area contributed by atoms with Gasteiger partial charge in [0.25, 0.3) is 5.91 Å². The number of rotatable bonds is 5. The van der Waals surface area contributed by atoms with E-state index in [-0.39, 0.29) is 24.3 Å². The molecule has 1 rings (SSSR count). The van der Waals surface area contributed by atoms with Gasteiger partial charge >= 0.3 is 0 Å². The third-order valence-corrected chi connectivity index (χ3v) is 2.64. The zero-order valence-electron chi connectivity index (χ0n) is 10.2. The minimum atomic E-state index is -0.203. The predicted molar refractivity (Wildman–Crippen MR) is 66.1 cm³/mol. The Labute approximate surface area is 101 Å². The highest BCUT2D eigenvalue weighted by Crippen LogP contribution is 2.17. The number of aryl methyl sites for hydroxylation is 1. The number of aromatic hydroxyl groups is 1. The summed E-state index contributed by atoms with van der Waals surface area (Å²) >= 11 is 0. The van der Waals surface area contributed by atoms with E-state index in [1.54, 1.807) is 19.1 Å². The minimum Gasteiger partial charge on any atom is -0.508 e. The first-order valence-electron chi connectivity index (χ1n) is 5.76. The molecule has 0 aliphatic heterocycles. The van der Waals surface area contributed by atoms with Crippen LogP contribution in [0.4, 0.5) is 0 Å². The average Bonchev–Trinajstić information content (AvgIpc) is 2.30. The summed E-state index contributed by atoms with van der Waals surface area (Å²) in [6.07, 6.45) is 1.40. The van der Waals surface area contributed by atoms with E-state index < -0.39 is 0 Å². The van der Waals surface area contributed by atoms with Crippen LogP contribution in [0.15, 0.2) is 18.2 Å². The molecule has 94 valence electrons. The predicted octanol–water partition coefficient (Wildman–Crippen LogP) is 1.59. The minimum absolute atomic E-state index is 0.0121.